The van der Waals surface area contributed by atoms with Gasteiger partial charge in [0.15, 0.2) is 11.6 Å². The van der Waals surface area contributed by atoms with Crippen molar-refractivity contribution in [3.63, 3.8) is 0 Å². The summed E-state index contributed by atoms with van der Waals surface area (Å²) in [6.45, 7) is 0.771. The zero-order chi connectivity index (χ0) is 29.4. The average molecular weight is 578 g/mol. The van der Waals surface area contributed by atoms with E-state index in [1.54, 1.807) is 42.5 Å². The van der Waals surface area contributed by atoms with Gasteiger partial charge in [-0.1, -0.05) is 12.1 Å². The molecular formula is C30H26F3N5O4. The molecule has 3 N–H and O–H groups in total. The van der Waals surface area contributed by atoms with Gasteiger partial charge in [-0.25, -0.2) is 9.07 Å². The highest BCUT2D eigenvalue weighted by Gasteiger charge is 2.23. The quantitative estimate of drug-likeness (QED) is 0.223. The van der Waals surface area contributed by atoms with Crippen molar-refractivity contribution in [1.82, 2.24) is 14.8 Å². The normalized spacial score (nSPS) is 13.6. The lowest BCUT2D eigenvalue weighted by Crippen LogP contribution is -2.36. The van der Waals surface area contributed by atoms with Gasteiger partial charge in [0.2, 0.25) is 5.78 Å². The number of ketones is 1. The number of carbonyl (C=O) groups is 1. The second kappa shape index (κ2) is 11.1. The lowest BCUT2D eigenvalue weighted by atomic mass is 10.1. The summed E-state index contributed by atoms with van der Waals surface area (Å²) in [6.07, 6.45) is 1.37. The molecule has 0 radical (unpaired) electrons. The van der Waals surface area contributed by atoms with Crippen molar-refractivity contribution in [3.05, 3.63) is 89.5 Å². The van der Waals surface area contributed by atoms with Crippen molar-refractivity contribution in [2.45, 2.75) is 13.5 Å². The third-order valence-electron chi connectivity index (χ3n) is 7.02. The molecule has 216 valence electrons. The zero-order valence-electron chi connectivity index (χ0n) is 22.4. The molecule has 1 aliphatic heterocycles. The Morgan fingerprint density at radius 3 is 2.57 bits per heavy atom. The number of benzene rings is 3. The Morgan fingerprint density at radius 2 is 1.83 bits per heavy atom. The molecule has 0 amide bonds. The molecule has 12 heteroatoms. The molecule has 0 atom stereocenters. The number of ether oxygens (including phenoxy) is 3. The van der Waals surface area contributed by atoms with Crippen LogP contribution in [0.1, 0.15) is 21.6 Å². The van der Waals surface area contributed by atoms with E-state index in [9.17, 15) is 18.0 Å². The maximum absolute atomic E-state index is 14.0. The summed E-state index contributed by atoms with van der Waals surface area (Å²) in [4.78, 5) is 18.5. The van der Waals surface area contributed by atoms with Crippen molar-refractivity contribution in [2.75, 3.05) is 36.9 Å². The van der Waals surface area contributed by atoms with Crippen LogP contribution in [0.3, 0.4) is 0 Å². The Kier molecular flexibility index (Phi) is 7.21. The fourth-order valence-corrected chi connectivity index (χ4v) is 4.97. The third kappa shape index (κ3) is 5.23. The fraction of sp³-hybridized carbons (Fsp3) is 0.200. The van der Waals surface area contributed by atoms with Gasteiger partial charge < -0.3 is 29.8 Å². The van der Waals surface area contributed by atoms with Crippen LogP contribution in [-0.4, -0.2) is 53.5 Å². The van der Waals surface area contributed by atoms with Crippen LogP contribution in [0.4, 0.5) is 24.7 Å². The first-order valence-electron chi connectivity index (χ1n) is 13.1. The predicted octanol–water partition coefficient (Wildman–Crippen LogP) is 5.84. The smallest absolute Gasteiger partial charge is 0.387 e. The van der Waals surface area contributed by atoms with Crippen LogP contribution in [0.25, 0.3) is 16.6 Å². The number of aromatic amines is 1. The van der Waals surface area contributed by atoms with Crippen molar-refractivity contribution in [2.24, 2.45) is 0 Å². The molecule has 3 aromatic carbocycles. The molecule has 0 spiro atoms. The number of morpholine rings is 1. The van der Waals surface area contributed by atoms with Crippen molar-refractivity contribution < 1.29 is 32.2 Å². The summed E-state index contributed by atoms with van der Waals surface area (Å²) < 4.78 is 57.7. The van der Waals surface area contributed by atoms with E-state index in [0.29, 0.717) is 54.3 Å². The summed E-state index contributed by atoms with van der Waals surface area (Å²) in [6, 6.07) is 15.9. The number of carbonyl (C=O) groups excluding carboxylic acids is 1. The minimum atomic E-state index is -3.00. The molecule has 42 heavy (non-hydrogen) atoms. The van der Waals surface area contributed by atoms with E-state index in [2.05, 4.69) is 10.1 Å². The van der Waals surface area contributed by atoms with E-state index in [1.807, 2.05) is 11.8 Å². The Bertz CT molecular complexity index is 1780. The number of fused-ring (bicyclic) bond motifs is 1. The van der Waals surface area contributed by atoms with E-state index in [-0.39, 0.29) is 28.6 Å². The number of aromatic nitrogens is 3. The Balaban J connectivity index is 1.28. The molecule has 0 aliphatic carbocycles. The zero-order valence-corrected chi connectivity index (χ0v) is 22.4. The summed E-state index contributed by atoms with van der Waals surface area (Å²) in [5.41, 5.74) is 9.14. The first kappa shape index (κ1) is 27.2. The third-order valence-corrected chi connectivity index (χ3v) is 7.02. The van der Waals surface area contributed by atoms with E-state index in [4.69, 9.17) is 19.9 Å². The minimum absolute atomic E-state index is 0.0163. The monoisotopic (exact) mass is 577 g/mol. The van der Waals surface area contributed by atoms with Gasteiger partial charge in [0, 0.05) is 24.0 Å². The number of rotatable bonds is 8. The molecule has 6 rings (SSSR count). The molecular weight excluding hydrogens is 551 g/mol. The van der Waals surface area contributed by atoms with Crippen molar-refractivity contribution in [1.29, 1.82) is 0 Å². The number of H-pyrrole nitrogens is 1. The van der Waals surface area contributed by atoms with Crippen LogP contribution < -0.4 is 20.1 Å². The van der Waals surface area contributed by atoms with E-state index in [1.165, 1.54) is 29.1 Å². The number of halogens is 3. The van der Waals surface area contributed by atoms with E-state index in [0.717, 1.165) is 5.56 Å². The van der Waals surface area contributed by atoms with Gasteiger partial charge in [0.05, 0.1) is 42.0 Å². The van der Waals surface area contributed by atoms with Gasteiger partial charge >= 0.3 is 6.61 Å². The van der Waals surface area contributed by atoms with E-state index >= 15 is 0 Å². The first-order valence-corrected chi connectivity index (χ1v) is 13.1. The standard InChI is InChI=1S/C30H26F3N5O4/c1-17-12-19(41-26-5-3-2-4-21(26)31)6-7-24(17)38-29(34)20(16-35-38)28(39)23-13-18-14-27(42-30(32)33)25(15-22(18)36-23)37-8-10-40-11-9-37/h2-7,12-16,30,36H,8-11,34H2,1H3. The number of nitrogen functional groups attached to an aromatic ring is 1. The minimum Gasteiger partial charge on any atom is -0.454 e. The van der Waals surface area contributed by atoms with Crippen molar-refractivity contribution in [3.8, 4) is 22.9 Å². The topological polar surface area (TPSA) is 108 Å². The Morgan fingerprint density at radius 1 is 1.05 bits per heavy atom. The van der Waals surface area contributed by atoms with Crippen LogP contribution >= 0.6 is 0 Å². The van der Waals surface area contributed by atoms with E-state index < -0.39 is 18.2 Å². The molecule has 0 saturated carbocycles. The van der Waals surface area contributed by atoms with Gasteiger partial charge in [0.25, 0.3) is 0 Å². The first-order chi connectivity index (χ1) is 20.3. The maximum Gasteiger partial charge on any atom is 0.387 e. The Labute approximate surface area is 238 Å². The largest absolute Gasteiger partial charge is 0.454 e. The number of anilines is 2. The van der Waals surface area contributed by atoms with Gasteiger partial charge in [-0.3, -0.25) is 4.79 Å². The number of alkyl halides is 2. The number of nitrogens with two attached hydrogens (primary N) is 1. The summed E-state index contributed by atoms with van der Waals surface area (Å²) >= 11 is 0. The van der Waals surface area contributed by atoms with Gasteiger partial charge in [-0.05, 0) is 61.0 Å². The molecule has 9 nitrogen and oxygen atoms in total. The molecule has 1 saturated heterocycles. The number of nitrogens with zero attached hydrogens (tertiary/aromatic N) is 3. The summed E-state index contributed by atoms with van der Waals surface area (Å²) in [7, 11) is 0. The van der Waals surface area contributed by atoms with Crippen LogP contribution in [0.2, 0.25) is 0 Å². The lowest BCUT2D eigenvalue weighted by molar-refractivity contribution is -0.0495. The molecule has 3 heterocycles. The lowest BCUT2D eigenvalue weighted by Gasteiger charge is -2.30. The number of nitrogens with one attached hydrogen (secondary N) is 1. The SMILES string of the molecule is Cc1cc(Oc2ccccc2F)ccc1-n1ncc(C(=O)c2cc3cc(OC(F)F)c(N4CCOCC4)cc3[nH]2)c1N. The fourth-order valence-electron chi connectivity index (χ4n) is 4.97. The molecule has 0 bridgehead atoms. The highest BCUT2D eigenvalue weighted by atomic mass is 19.3. The summed E-state index contributed by atoms with van der Waals surface area (Å²) in [5.74, 6) is -0.252. The second-order valence-corrected chi connectivity index (χ2v) is 9.73. The van der Waals surface area contributed by atoms with Gasteiger partial charge in [-0.15, -0.1) is 0 Å². The second-order valence-electron chi connectivity index (χ2n) is 9.73. The number of aryl methyl sites for hydroxylation is 1. The average Bonchev–Trinajstić information content (AvgIpc) is 3.57. The van der Waals surface area contributed by atoms with Crippen LogP contribution in [-0.2, 0) is 4.74 Å². The van der Waals surface area contributed by atoms with Crippen molar-refractivity contribution >= 4 is 28.2 Å². The Hall–Kier alpha value is -4.97. The number of hydrogen-bond acceptors (Lipinski definition) is 7. The highest BCUT2D eigenvalue weighted by molar-refractivity contribution is 6.12. The van der Waals surface area contributed by atoms with Gasteiger partial charge in [-0.2, -0.15) is 13.9 Å². The number of para-hydroxylation sites is 1. The number of hydrogen-bond donors (Lipinski definition) is 2. The maximum atomic E-state index is 14.0. The summed E-state index contributed by atoms with van der Waals surface area (Å²) in [5, 5.41) is 4.86. The predicted molar refractivity (Wildman–Crippen MR) is 151 cm³/mol. The molecule has 5 aromatic rings. The molecule has 1 aliphatic rings. The molecule has 1 fully saturated rings. The molecule has 0 unspecified atom stereocenters. The van der Waals surface area contributed by atoms with Gasteiger partial charge in [0.1, 0.15) is 17.3 Å². The van der Waals surface area contributed by atoms with Crippen LogP contribution in [0.5, 0.6) is 17.2 Å². The van der Waals surface area contributed by atoms with Crippen LogP contribution in [0, 0.1) is 12.7 Å². The highest BCUT2D eigenvalue weighted by Crippen LogP contribution is 2.36. The molecule has 2 aromatic heterocycles. The van der Waals surface area contributed by atoms with Crippen LogP contribution in [0.15, 0.2) is 66.9 Å².